The second kappa shape index (κ2) is 7.76. The predicted octanol–water partition coefficient (Wildman–Crippen LogP) is 3.75. The fourth-order valence-electron chi connectivity index (χ4n) is 1.86. The SMILES string of the molecule is COC(=O)CC(NS(=O)(=O)c1ccc(Cl)s1)c1ccc(Br)cc1. The lowest BCUT2D eigenvalue weighted by molar-refractivity contribution is -0.141. The predicted molar refractivity (Wildman–Crippen MR) is 93.2 cm³/mol. The molecular formula is C14H13BrClNO4S2. The molecule has 1 aromatic heterocycles. The summed E-state index contributed by atoms with van der Waals surface area (Å²) in [6, 6.07) is 9.22. The van der Waals surface area contributed by atoms with Crippen molar-refractivity contribution in [1.82, 2.24) is 4.72 Å². The first-order valence-corrected chi connectivity index (χ1v) is 9.89. The number of halogens is 2. The fourth-order valence-corrected chi connectivity index (χ4v) is 4.85. The summed E-state index contributed by atoms with van der Waals surface area (Å²) in [7, 11) is -2.53. The zero-order chi connectivity index (χ0) is 17.0. The molecule has 1 aromatic carbocycles. The van der Waals surface area contributed by atoms with Crippen LogP contribution in [0.1, 0.15) is 18.0 Å². The molecule has 1 unspecified atom stereocenters. The minimum Gasteiger partial charge on any atom is -0.469 e. The van der Waals surface area contributed by atoms with Crippen LogP contribution in [-0.4, -0.2) is 21.5 Å². The van der Waals surface area contributed by atoms with E-state index in [9.17, 15) is 13.2 Å². The first kappa shape index (κ1) is 18.4. The second-order valence-corrected chi connectivity index (χ2v) is 9.14. The maximum Gasteiger partial charge on any atom is 0.307 e. The van der Waals surface area contributed by atoms with Crippen molar-refractivity contribution in [2.45, 2.75) is 16.7 Å². The normalized spacial score (nSPS) is 12.8. The molecule has 124 valence electrons. The van der Waals surface area contributed by atoms with E-state index in [0.29, 0.717) is 9.90 Å². The van der Waals surface area contributed by atoms with E-state index in [0.717, 1.165) is 15.8 Å². The molecule has 5 nitrogen and oxygen atoms in total. The van der Waals surface area contributed by atoms with Crippen molar-refractivity contribution in [3.8, 4) is 0 Å². The fraction of sp³-hybridized carbons (Fsp3) is 0.214. The largest absolute Gasteiger partial charge is 0.469 e. The molecule has 0 saturated heterocycles. The Hall–Kier alpha value is -0.930. The number of thiophene rings is 1. The molecule has 0 aliphatic rings. The van der Waals surface area contributed by atoms with Gasteiger partial charge in [0.25, 0.3) is 10.0 Å². The number of methoxy groups -OCH3 is 1. The van der Waals surface area contributed by atoms with Gasteiger partial charge in [-0.05, 0) is 29.8 Å². The van der Waals surface area contributed by atoms with Crippen LogP contribution >= 0.6 is 38.9 Å². The summed E-state index contributed by atoms with van der Waals surface area (Å²) in [5, 5.41) is 0. The number of hydrogen-bond acceptors (Lipinski definition) is 5. The lowest BCUT2D eigenvalue weighted by atomic mass is 10.1. The van der Waals surface area contributed by atoms with Gasteiger partial charge in [0, 0.05) is 4.47 Å². The number of carbonyl (C=O) groups excluding carboxylic acids is 1. The molecule has 0 saturated carbocycles. The average molecular weight is 439 g/mol. The zero-order valence-electron chi connectivity index (χ0n) is 12.0. The van der Waals surface area contributed by atoms with Crippen molar-refractivity contribution in [3.05, 3.63) is 50.8 Å². The molecule has 2 rings (SSSR count). The Morgan fingerprint density at radius 3 is 2.48 bits per heavy atom. The van der Waals surface area contributed by atoms with Crippen LogP contribution in [0.15, 0.2) is 45.1 Å². The number of ether oxygens (including phenoxy) is 1. The van der Waals surface area contributed by atoms with Gasteiger partial charge in [-0.1, -0.05) is 39.7 Å². The van der Waals surface area contributed by atoms with E-state index in [1.165, 1.54) is 19.2 Å². The van der Waals surface area contributed by atoms with E-state index < -0.39 is 22.0 Å². The maximum atomic E-state index is 12.4. The molecule has 0 fully saturated rings. The van der Waals surface area contributed by atoms with E-state index in [1.54, 1.807) is 24.3 Å². The van der Waals surface area contributed by atoms with E-state index in [2.05, 4.69) is 25.4 Å². The van der Waals surface area contributed by atoms with Gasteiger partial charge in [0.05, 0.1) is 23.9 Å². The van der Waals surface area contributed by atoms with Gasteiger partial charge >= 0.3 is 5.97 Å². The second-order valence-electron chi connectivity index (χ2n) is 4.56. The summed E-state index contributed by atoms with van der Waals surface area (Å²) >= 11 is 10.1. The van der Waals surface area contributed by atoms with Crippen LogP contribution in [0.2, 0.25) is 4.34 Å². The highest BCUT2D eigenvalue weighted by molar-refractivity contribution is 9.10. The third-order valence-corrected chi connectivity index (χ3v) is 6.70. The molecule has 0 aliphatic heterocycles. The number of nitrogens with one attached hydrogen (secondary N) is 1. The highest BCUT2D eigenvalue weighted by Crippen LogP contribution is 2.28. The minimum atomic E-state index is -3.79. The summed E-state index contributed by atoms with van der Waals surface area (Å²) in [6.45, 7) is 0. The van der Waals surface area contributed by atoms with Gasteiger partial charge in [-0.3, -0.25) is 4.79 Å². The van der Waals surface area contributed by atoms with E-state index in [4.69, 9.17) is 11.6 Å². The van der Waals surface area contributed by atoms with Gasteiger partial charge in [0.2, 0.25) is 0 Å². The van der Waals surface area contributed by atoms with Crippen LogP contribution in [0, 0.1) is 0 Å². The molecule has 0 spiro atoms. The van der Waals surface area contributed by atoms with Crippen LogP contribution < -0.4 is 4.72 Å². The van der Waals surface area contributed by atoms with Crippen molar-refractivity contribution in [1.29, 1.82) is 0 Å². The Morgan fingerprint density at radius 2 is 1.96 bits per heavy atom. The Morgan fingerprint density at radius 1 is 1.30 bits per heavy atom. The number of benzene rings is 1. The Labute approximate surface area is 151 Å². The topological polar surface area (TPSA) is 72.5 Å². The van der Waals surface area contributed by atoms with Crippen molar-refractivity contribution < 1.29 is 17.9 Å². The molecule has 0 radical (unpaired) electrons. The summed E-state index contributed by atoms with van der Waals surface area (Å²) < 4.78 is 33.4. The third-order valence-electron chi connectivity index (χ3n) is 2.98. The monoisotopic (exact) mass is 437 g/mol. The molecule has 23 heavy (non-hydrogen) atoms. The summed E-state index contributed by atoms with van der Waals surface area (Å²) in [5.41, 5.74) is 0.657. The molecular weight excluding hydrogens is 426 g/mol. The number of rotatable bonds is 6. The summed E-state index contributed by atoms with van der Waals surface area (Å²) in [6.07, 6.45) is -0.115. The Balaban J connectivity index is 2.30. The first-order chi connectivity index (χ1) is 10.8. The smallest absolute Gasteiger partial charge is 0.307 e. The molecule has 1 atom stereocenters. The minimum absolute atomic E-state index is 0.0921. The van der Waals surface area contributed by atoms with E-state index >= 15 is 0 Å². The molecule has 0 bridgehead atoms. The van der Waals surface area contributed by atoms with Crippen LogP contribution in [0.4, 0.5) is 0 Å². The van der Waals surface area contributed by atoms with Crippen molar-refractivity contribution in [2.75, 3.05) is 7.11 Å². The molecule has 9 heteroatoms. The van der Waals surface area contributed by atoms with Gasteiger partial charge < -0.3 is 4.74 Å². The van der Waals surface area contributed by atoms with Gasteiger partial charge in [0.1, 0.15) is 4.21 Å². The standard InChI is InChI=1S/C14H13BrClNO4S2/c1-21-13(18)8-11(9-2-4-10(15)5-3-9)17-23(19,20)14-7-6-12(16)22-14/h2-7,11,17H,8H2,1H3. The maximum absolute atomic E-state index is 12.4. The highest BCUT2D eigenvalue weighted by atomic mass is 79.9. The van der Waals surface area contributed by atoms with Crippen molar-refractivity contribution in [2.24, 2.45) is 0 Å². The van der Waals surface area contributed by atoms with Crippen molar-refractivity contribution >= 4 is 54.9 Å². The van der Waals surface area contributed by atoms with Gasteiger partial charge in [-0.2, -0.15) is 0 Å². The van der Waals surface area contributed by atoms with E-state index in [1.807, 2.05) is 0 Å². The average Bonchev–Trinajstić information content (AvgIpc) is 2.94. The number of esters is 1. The van der Waals surface area contributed by atoms with Crippen molar-refractivity contribution in [3.63, 3.8) is 0 Å². The summed E-state index contributed by atoms with van der Waals surface area (Å²) in [4.78, 5) is 11.6. The highest BCUT2D eigenvalue weighted by Gasteiger charge is 2.25. The van der Waals surface area contributed by atoms with E-state index in [-0.39, 0.29) is 10.6 Å². The van der Waals surface area contributed by atoms with Gasteiger partial charge in [-0.15, -0.1) is 11.3 Å². The third kappa shape index (κ3) is 5.02. The number of sulfonamides is 1. The first-order valence-electron chi connectivity index (χ1n) is 6.42. The summed E-state index contributed by atoms with van der Waals surface area (Å²) in [5.74, 6) is -0.509. The zero-order valence-corrected chi connectivity index (χ0v) is 15.9. The quantitative estimate of drug-likeness (QED) is 0.697. The van der Waals surface area contributed by atoms with Crippen LogP contribution in [-0.2, 0) is 19.6 Å². The molecule has 0 amide bonds. The Bertz CT molecular complexity index is 789. The Kier molecular flexibility index (Phi) is 6.21. The van der Waals surface area contributed by atoms with Crippen LogP contribution in [0.5, 0.6) is 0 Å². The van der Waals surface area contributed by atoms with Crippen LogP contribution in [0.25, 0.3) is 0 Å². The lowest BCUT2D eigenvalue weighted by Gasteiger charge is -2.17. The lowest BCUT2D eigenvalue weighted by Crippen LogP contribution is -2.30. The molecule has 1 N–H and O–H groups in total. The number of hydrogen-bond donors (Lipinski definition) is 1. The molecule has 2 aromatic rings. The van der Waals surface area contributed by atoms with Gasteiger partial charge in [0.15, 0.2) is 0 Å². The van der Waals surface area contributed by atoms with Gasteiger partial charge in [-0.25, -0.2) is 13.1 Å². The molecule has 1 heterocycles. The van der Waals surface area contributed by atoms with Crippen LogP contribution in [0.3, 0.4) is 0 Å². The molecule has 0 aliphatic carbocycles. The number of carbonyl (C=O) groups is 1.